The first-order valence-electron chi connectivity index (χ1n) is 7.58. The highest BCUT2D eigenvalue weighted by atomic mass is 16.5. The fraction of sp³-hybridized carbons (Fsp3) is 0.353. The summed E-state index contributed by atoms with van der Waals surface area (Å²) in [6, 6.07) is 5.92. The molecule has 0 radical (unpaired) electrons. The molecule has 2 N–H and O–H groups in total. The van der Waals surface area contributed by atoms with Crippen molar-refractivity contribution in [1.82, 2.24) is 15.3 Å². The fourth-order valence-electron chi connectivity index (χ4n) is 1.96. The van der Waals surface area contributed by atoms with Crippen LogP contribution in [0.3, 0.4) is 0 Å². The van der Waals surface area contributed by atoms with E-state index in [1.165, 1.54) is 12.4 Å². The van der Waals surface area contributed by atoms with Crippen LogP contribution in [0.1, 0.15) is 36.2 Å². The maximum Gasteiger partial charge on any atom is 0.254 e. The van der Waals surface area contributed by atoms with Crippen LogP contribution < -0.4 is 15.4 Å². The zero-order chi connectivity index (χ0) is 16.8. The van der Waals surface area contributed by atoms with Crippen molar-refractivity contribution < 1.29 is 9.53 Å². The first-order chi connectivity index (χ1) is 11.0. The third-order valence-electron chi connectivity index (χ3n) is 3.51. The molecule has 1 aromatic heterocycles. The van der Waals surface area contributed by atoms with Gasteiger partial charge in [-0.05, 0) is 38.0 Å². The lowest BCUT2D eigenvalue weighted by atomic mass is 10.2. The third kappa shape index (κ3) is 4.42. The van der Waals surface area contributed by atoms with Gasteiger partial charge in [0, 0.05) is 18.4 Å². The molecule has 23 heavy (non-hydrogen) atoms. The predicted molar refractivity (Wildman–Crippen MR) is 90.3 cm³/mol. The summed E-state index contributed by atoms with van der Waals surface area (Å²) in [5.41, 5.74) is 2.31. The average Bonchev–Trinajstić information content (AvgIpc) is 2.55. The van der Waals surface area contributed by atoms with Gasteiger partial charge >= 0.3 is 0 Å². The number of anilines is 2. The van der Waals surface area contributed by atoms with Crippen molar-refractivity contribution >= 4 is 17.5 Å². The summed E-state index contributed by atoms with van der Waals surface area (Å²) >= 11 is 0. The van der Waals surface area contributed by atoms with Gasteiger partial charge in [-0.2, -0.15) is 0 Å². The van der Waals surface area contributed by atoms with Crippen molar-refractivity contribution in [2.75, 3.05) is 12.4 Å². The maximum absolute atomic E-state index is 12.0. The summed E-state index contributed by atoms with van der Waals surface area (Å²) in [4.78, 5) is 20.4. The van der Waals surface area contributed by atoms with Crippen LogP contribution in [-0.2, 0) is 0 Å². The van der Waals surface area contributed by atoms with Gasteiger partial charge in [-0.1, -0.05) is 13.0 Å². The number of nitrogens with one attached hydrogen (secondary N) is 2. The summed E-state index contributed by atoms with van der Waals surface area (Å²) in [7, 11) is 1.61. The Morgan fingerprint density at radius 1 is 1.30 bits per heavy atom. The maximum atomic E-state index is 12.0. The molecule has 0 aliphatic heterocycles. The van der Waals surface area contributed by atoms with Crippen LogP contribution >= 0.6 is 0 Å². The number of hydrogen-bond donors (Lipinski definition) is 2. The quantitative estimate of drug-likeness (QED) is 0.857. The second-order valence-electron chi connectivity index (χ2n) is 5.41. The lowest BCUT2D eigenvalue weighted by Gasteiger charge is -2.12. The van der Waals surface area contributed by atoms with E-state index in [9.17, 15) is 4.79 Å². The van der Waals surface area contributed by atoms with Gasteiger partial charge < -0.3 is 15.4 Å². The minimum absolute atomic E-state index is 0.122. The summed E-state index contributed by atoms with van der Waals surface area (Å²) in [6.07, 6.45) is 3.89. The molecule has 0 fully saturated rings. The second kappa shape index (κ2) is 7.58. The van der Waals surface area contributed by atoms with E-state index >= 15 is 0 Å². The molecule has 122 valence electrons. The molecular weight excluding hydrogens is 292 g/mol. The van der Waals surface area contributed by atoms with Crippen LogP contribution in [0.4, 0.5) is 11.6 Å². The summed E-state index contributed by atoms with van der Waals surface area (Å²) in [6.45, 7) is 5.97. The fourth-order valence-corrected chi connectivity index (χ4v) is 1.96. The van der Waals surface area contributed by atoms with E-state index < -0.39 is 0 Å². The highest BCUT2D eigenvalue weighted by Gasteiger charge is 2.10. The Kier molecular flexibility index (Phi) is 5.51. The first-order valence-corrected chi connectivity index (χ1v) is 7.58. The van der Waals surface area contributed by atoms with Crippen molar-refractivity contribution in [3.63, 3.8) is 0 Å². The number of aromatic nitrogens is 2. The highest BCUT2D eigenvalue weighted by molar-refractivity contribution is 5.93. The zero-order valence-corrected chi connectivity index (χ0v) is 13.9. The normalized spacial score (nSPS) is 11.7. The molecule has 2 rings (SSSR count). The lowest BCUT2D eigenvalue weighted by molar-refractivity contribution is 0.0938. The van der Waals surface area contributed by atoms with Crippen molar-refractivity contribution in [2.45, 2.75) is 33.2 Å². The van der Waals surface area contributed by atoms with Crippen molar-refractivity contribution in [2.24, 2.45) is 0 Å². The van der Waals surface area contributed by atoms with E-state index in [-0.39, 0.29) is 11.9 Å². The number of ether oxygens (including phenoxy) is 1. The number of benzene rings is 1. The molecule has 0 spiro atoms. The van der Waals surface area contributed by atoms with E-state index in [2.05, 4.69) is 20.6 Å². The molecule has 1 unspecified atom stereocenters. The Balaban J connectivity index is 2.11. The SMILES string of the molecule is CCC(C)NC(=O)c1cnc(Nc2cc(C)ccc2OC)nc1. The Morgan fingerprint density at radius 3 is 2.61 bits per heavy atom. The monoisotopic (exact) mass is 314 g/mol. The summed E-state index contributed by atoms with van der Waals surface area (Å²) in [5.74, 6) is 0.950. The van der Waals surface area contributed by atoms with Crippen LogP contribution in [0.15, 0.2) is 30.6 Å². The van der Waals surface area contributed by atoms with Crippen LogP contribution in [-0.4, -0.2) is 29.0 Å². The number of rotatable bonds is 6. The second-order valence-corrected chi connectivity index (χ2v) is 5.41. The molecule has 0 bridgehead atoms. The lowest BCUT2D eigenvalue weighted by Crippen LogP contribution is -2.32. The average molecular weight is 314 g/mol. The Bertz CT molecular complexity index is 671. The van der Waals surface area contributed by atoms with Crippen LogP contribution in [0.25, 0.3) is 0 Å². The van der Waals surface area contributed by atoms with Gasteiger partial charge in [0.2, 0.25) is 5.95 Å². The van der Waals surface area contributed by atoms with Crippen molar-refractivity contribution in [1.29, 1.82) is 0 Å². The molecular formula is C17H22N4O2. The van der Waals surface area contributed by atoms with Gasteiger partial charge in [0.25, 0.3) is 5.91 Å². The molecule has 6 nitrogen and oxygen atoms in total. The Morgan fingerprint density at radius 2 is 2.00 bits per heavy atom. The van der Waals surface area contributed by atoms with E-state index in [0.29, 0.717) is 17.3 Å². The molecule has 2 aromatic rings. The molecule has 0 saturated carbocycles. The smallest absolute Gasteiger partial charge is 0.254 e. The van der Waals surface area contributed by atoms with E-state index in [4.69, 9.17) is 4.74 Å². The number of hydrogen-bond acceptors (Lipinski definition) is 5. The topological polar surface area (TPSA) is 76.1 Å². The molecule has 1 heterocycles. The van der Waals surface area contributed by atoms with Crippen LogP contribution in [0, 0.1) is 6.92 Å². The van der Waals surface area contributed by atoms with Gasteiger partial charge in [-0.3, -0.25) is 4.79 Å². The van der Waals surface area contributed by atoms with Gasteiger partial charge in [-0.15, -0.1) is 0 Å². The summed E-state index contributed by atoms with van der Waals surface area (Å²) < 4.78 is 5.31. The zero-order valence-electron chi connectivity index (χ0n) is 13.9. The Labute approximate surface area is 136 Å². The number of methoxy groups -OCH3 is 1. The highest BCUT2D eigenvalue weighted by Crippen LogP contribution is 2.27. The van der Waals surface area contributed by atoms with Crippen molar-refractivity contribution in [3.8, 4) is 5.75 Å². The van der Waals surface area contributed by atoms with Crippen LogP contribution in [0.5, 0.6) is 5.75 Å². The van der Waals surface area contributed by atoms with Crippen LogP contribution in [0.2, 0.25) is 0 Å². The standard InChI is InChI=1S/C17H22N4O2/c1-5-12(3)20-16(22)13-9-18-17(19-10-13)21-14-8-11(2)6-7-15(14)23-4/h6-10,12H,5H2,1-4H3,(H,20,22)(H,18,19,21). The van der Waals surface area contributed by atoms with Crippen molar-refractivity contribution in [3.05, 3.63) is 41.7 Å². The molecule has 0 saturated heterocycles. The molecule has 0 aliphatic rings. The Hall–Kier alpha value is -2.63. The van der Waals surface area contributed by atoms with Gasteiger partial charge in [-0.25, -0.2) is 9.97 Å². The van der Waals surface area contributed by atoms with E-state index in [1.807, 2.05) is 39.0 Å². The third-order valence-corrected chi connectivity index (χ3v) is 3.51. The number of amides is 1. The molecule has 6 heteroatoms. The number of carbonyl (C=O) groups is 1. The van der Waals surface area contributed by atoms with Gasteiger partial charge in [0.15, 0.2) is 0 Å². The molecule has 1 aromatic carbocycles. The largest absolute Gasteiger partial charge is 0.495 e. The molecule has 0 aliphatic carbocycles. The predicted octanol–water partition coefficient (Wildman–Crippen LogP) is 3.07. The summed E-state index contributed by atoms with van der Waals surface area (Å²) in [5, 5.41) is 5.98. The molecule has 1 atom stereocenters. The first kappa shape index (κ1) is 16.7. The number of aryl methyl sites for hydroxylation is 1. The van der Waals surface area contributed by atoms with E-state index in [1.54, 1.807) is 7.11 Å². The minimum Gasteiger partial charge on any atom is -0.495 e. The van der Waals surface area contributed by atoms with Gasteiger partial charge in [0.1, 0.15) is 5.75 Å². The molecule has 1 amide bonds. The number of carbonyl (C=O) groups excluding carboxylic acids is 1. The van der Waals surface area contributed by atoms with Gasteiger partial charge in [0.05, 0.1) is 18.4 Å². The van der Waals surface area contributed by atoms with E-state index in [0.717, 1.165) is 17.7 Å². The number of nitrogens with zero attached hydrogens (tertiary/aromatic N) is 2. The minimum atomic E-state index is -0.168.